The van der Waals surface area contributed by atoms with Crippen LogP contribution in [0.4, 0.5) is 4.79 Å². The van der Waals surface area contributed by atoms with Gasteiger partial charge in [0.1, 0.15) is 11.6 Å². The third-order valence-electron chi connectivity index (χ3n) is 1.83. The summed E-state index contributed by atoms with van der Waals surface area (Å²) in [6, 6.07) is -1.12. The Morgan fingerprint density at radius 2 is 2.17 bits per heavy atom. The van der Waals surface area contributed by atoms with Crippen molar-refractivity contribution in [3.63, 3.8) is 0 Å². The highest BCUT2D eigenvalue weighted by atomic mass is 16.6. The van der Waals surface area contributed by atoms with Crippen LogP contribution in [0.2, 0.25) is 0 Å². The Kier molecular flexibility index (Phi) is 4.24. The summed E-state index contributed by atoms with van der Waals surface area (Å²) in [6.45, 7) is 5.06. The summed E-state index contributed by atoms with van der Waals surface area (Å²) in [5.74, 6) is -1.17. The van der Waals surface area contributed by atoms with Crippen LogP contribution in [-0.4, -0.2) is 43.8 Å². The van der Waals surface area contributed by atoms with Crippen molar-refractivity contribution >= 4 is 12.1 Å². The van der Waals surface area contributed by atoms with Crippen LogP contribution in [0.5, 0.6) is 0 Å². The van der Waals surface area contributed by atoms with Crippen molar-refractivity contribution in [3.05, 3.63) is 12.4 Å². The number of rotatable bonds is 4. The summed E-state index contributed by atoms with van der Waals surface area (Å²) in [4.78, 5) is 22.5. The summed E-state index contributed by atoms with van der Waals surface area (Å²) >= 11 is 0. The predicted octanol–water partition coefficient (Wildman–Crippen LogP) is 0.256. The van der Waals surface area contributed by atoms with E-state index in [1.165, 1.54) is 17.1 Å². The number of hydrogen-bond acceptors (Lipinski definition) is 5. The molecular formula is C10H16N4O4. The molecule has 0 bridgehead atoms. The highest BCUT2D eigenvalue weighted by Gasteiger charge is 2.24. The summed E-state index contributed by atoms with van der Waals surface area (Å²) in [7, 11) is 0. The fraction of sp³-hybridized carbons (Fsp3) is 0.600. The highest BCUT2D eigenvalue weighted by molar-refractivity contribution is 5.79. The van der Waals surface area contributed by atoms with Gasteiger partial charge in [-0.1, -0.05) is 5.21 Å². The van der Waals surface area contributed by atoms with Gasteiger partial charge in [-0.15, -0.1) is 5.10 Å². The number of aromatic nitrogens is 3. The van der Waals surface area contributed by atoms with Crippen LogP contribution in [0.25, 0.3) is 0 Å². The zero-order valence-corrected chi connectivity index (χ0v) is 10.5. The molecule has 1 atom stereocenters. The molecule has 0 aliphatic carbocycles. The smallest absolute Gasteiger partial charge is 0.408 e. The lowest BCUT2D eigenvalue weighted by Gasteiger charge is -2.21. The Morgan fingerprint density at radius 1 is 1.50 bits per heavy atom. The lowest BCUT2D eigenvalue weighted by atomic mass is 10.2. The monoisotopic (exact) mass is 256 g/mol. The molecule has 1 heterocycles. The van der Waals surface area contributed by atoms with Crippen molar-refractivity contribution in [2.24, 2.45) is 0 Å². The number of carboxylic acid groups (broad SMARTS) is 1. The summed E-state index contributed by atoms with van der Waals surface area (Å²) in [5, 5.41) is 18.4. The lowest BCUT2D eigenvalue weighted by molar-refractivity contribution is -0.139. The molecule has 1 aromatic heterocycles. The Balaban J connectivity index is 2.58. The van der Waals surface area contributed by atoms with Gasteiger partial charge < -0.3 is 15.2 Å². The number of alkyl carbamates (subject to hydrolysis) is 1. The number of carbonyl (C=O) groups is 2. The van der Waals surface area contributed by atoms with Crippen LogP contribution in [-0.2, 0) is 16.1 Å². The van der Waals surface area contributed by atoms with Gasteiger partial charge in [0, 0.05) is 6.20 Å². The average Bonchev–Trinajstić information content (AvgIpc) is 2.66. The van der Waals surface area contributed by atoms with Crippen LogP contribution in [0, 0.1) is 0 Å². The van der Waals surface area contributed by atoms with Gasteiger partial charge in [-0.2, -0.15) is 0 Å². The maximum atomic E-state index is 11.5. The van der Waals surface area contributed by atoms with Gasteiger partial charge in [-0.3, -0.25) is 0 Å². The van der Waals surface area contributed by atoms with Crippen molar-refractivity contribution in [1.82, 2.24) is 20.3 Å². The maximum Gasteiger partial charge on any atom is 0.408 e. The molecule has 0 aliphatic rings. The highest BCUT2D eigenvalue weighted by Crippen LogP contribution is 2.07. The largest absolute Gasteiger partial charge is 0.480 e. The molecule has 0 saturated heterocycles. The van der Waals surface area contributed by atoms with E-state index in [4.69, 9.17) is 9.84 Å². The first kappa shape index (κ1) is 13.9. The van der Waals surface area contributed by atoms with Crippen LogP contribution in [0.1, 0.15) is 20.8 Å². The van der Waals surface area contributed by atoms with E-state index in [1.54, 1.807) is 20.8 Å². The van der Waals surface area contributed by atoms with E-state index < -0.39 is 23.7 Å². The van der Waals surface area contributed by atoms with E-state index in [9.17, 15) is 9.59 Å². The summed E-state index contributed by atoms with van der Waals surface area (Å²) < 4.78 is 6.29. The minimum absolute atomic E-state index is 0.0193. The second kappa shape index (κ2) is 5.48. The Hall–Kier alpha value is -2.12. The molecular weight excluding hydrogens is 240 g/mol. The first-order valence-electron chi connectivity index (χ1n) is 5.34. The lowest BCUT2D eigenvalue weighted by Crippen LogP contribution is -2.45. The van der Waals surface area contributed by atoms with E-state index in [1.807, 2.05) is 0 Å². The molecule has 0 fully saturated rings. The standard InChI is InChI=1S/C10H16N4O4/c1-10(2,3)18-9(17)12-7(8(15)16)6-14-5-4-11-13-14/h4-5,7H,6H2,1-3H3,(H,12,17)(H,15,16)/t7-/m0/s1. The van der Waals surface area contributed by atoms with Crippen LogP contribution < -0.4 is 5.32 Å². The fourth-order valence-electron chi connectivity index (χ4n) is 1.15. The number of nitrogens with one attached hydrogen (secondary N) is 1. The molecule has 0 unspecified atom stereocenters. The SMILES string of the molecule is CC(C)(C)OC(=O)N[C@@H](Cn1ccnn1)C(=O)O. The number of hydrogen-bond donors (Lipinski definition) is 2. The molecule has 1 aromatic rings. The molecule has 0 radical (unpaired) electrons. The van der Waals surface area contributed by atoms with Crippen LogP contribution >= 0.6 is 0 Å². The molecule has 100 valence electrons. The Morgan fingerprint density at radius 3 is 2.61 bits per heavy atom. The van der Waals surface area contributed by atoms with E-state index in [-0.39, 0.29) is 6.54 Å². The average molecular weight is 256 g/mol. The van der Waals surface area contributed by atoms with Crippen molar-refractivity contribution in [2.75, 3.05) is 0 Å². The van der Waals surface area contributed by atoms with E-state index >= 15 is 0 Å². The first-order valence-corrected chi connectivity index (χ1v) is 5.34. The van der Waals surface area contributed by atoms with E-state index in [0.29, 0.717) is 0 Å². The van der Waals surface area contributed by atoms with Gasteiger partial charge in [0.25, 0.3) is 0 Å². The number of aliphatic carboxylic acids is 1. The van der Waals surface area contributed by atoms with Gasteiger partial charge in [0.2, 0.25) is 0 Å². The minimum Gasteiger partial charge on any atom is -0.480 e. The molecule has 0 aromatic carbocycles. The predicted molar refractivity (Wildman–Crippen MR) is 60.8 cm³/mol. The summed E-state index contributed by atoms with van der Waals surface area (Å²) in [6.07, 6.45) is 2.15. The second-order valence-corrected chi connectivity index (χ2v) is 4.66. The van der Waals surface area contributed by atoms with Gasteiger partial charge >= 0.3 is 12.1 Å². The Bertz CT molecular complexity index is 410. The van der Waals surface area contributed by atoms with Gasteiger partial charge in [-0.05, 0) is 20.8 Å². The molecule has 0 saturated carbocycles. The van der Waals surface area contributed by atoms with Crippen molar-refractivity contribution in [1.29, 1.82) is 0 Å². The van der Waals surface area contributed by atoms with Crippen molar-refractivity contribution < 1.29 is 19.4 Å². The molecule has 1 rings (SSSR count). The minimum atomic E-state index is -1.17. The van der Waals surface area contributed by atoms with Crippen molar-refractivity contribution in [3.8, 4) is 0 Å². The van der Waals surface area contributed by atoms with Crippen molar-refractivity contribution in [2.45, 2.75) is 39.0 Å². The zero-order chi connectivity index (χ0) is 13.8. The fourth-order valence-corrected chi connectivity index (χ4v) is 1.15. The van der Waals surface area contributed by atoms with E-state index in [0.717, 1.165) is 0 Å². The molecule has 8 nitrogen and oxygen atoms in total. The maximum absolute atomic E-state index is 11.5. The topological polar surface area (TPSA) is 106 Å². The molecule has 2 N–H and O–H groups in total. The summed E-state index contributed by atoms with van der Waals surface area (Å²) in [5.41, 5.74) is -0.680. The molecule has 8 heteroatoms. The number of ether oxygens (including phenoxy) is 1. The number of carbonyl (C=O) groups excluding carboxylic acids is 1. The number of amides is 1. The molecule has 0 aliphatic heterocycles. The van der Waals surface area contributed by atoms with Gasteiger partial charge in [0.05, 0.1) is 12.7 Å². The second-order valence-electron chi connectivity index (χ2n) is 4.66. The number of carboxylic acids is 1. The molecule has 0 spiro atoms. The van der Waals surface area contributed by atoms with Gasteiger partial charge in [0.15, 0.2) is 0 Å². The number of nitrogens with zero attached hydrogens (tertiary/aromatic N) is 3. The third-order valence-corrected chi connectivity index (χ3v) is 1.83. The van der Waals surface area contributed by atoms with Crippen LogP contribution in [0.15, 0.2) is 12.4 Å². The molecule has 1 amide bonds. The van der Waals surface area contributed by atoms with E-state index in [2.05, 4.69) is 15.6 Å². The van der Waals surface area contributed by atoms with Crippen LogP contribution in [0.3, 0.4) is 0 Å². The molecule has 18 heavy (non-hydrogen) atoms. The zero-order valence-electron chi connectivity index (χ0n) is 10.5. The quantitative estimate of drug-likeness (QED) is 0.800. The third kappa shape index (κ3) is 4.81. The Labute approximate surface area is 104 Å². The first-order chi connectivity index (χ1) is 8.28. The normalized spacial score (nSPS) is 12.8. The van der Waals surface area contributed by atoms with Gasteiger partial charge in [-0.25, -0.2) is 14.3 Å².